The van der Waals surface area contributed by atoms with Gasteiger partial charge in [0.05, 0.1) is 48.3 Å². The van der Waals surface area contributed by atoms with Crippen LogP contribution in [0.25, 0.3) is 0 Å². The van der Waals surface area contributed by atoms with Gasteiger partial charge in [0.2, 0.25) is 0 Å². The first-order valence-corrected chi connectivity index (χ1v) is 11.6. The third-order valence-electron chi connectivity index (χ3n) is 5.93. The number of hydrogen-bond acceptors (Lipinski definition) is 8. The Labute approximate surface area is 190 Å². The average Bonchev–Trinajstić information content (AvgIpc) is 3.16. The first-order chi connectivity index (χ1) is 15.0. The van der Waals surface area contributed by atoms with Crippen LogP contribution in [0.4, 0.5) is 5.69 Å². The van der Waals surface area contributed by atoms with E-state index in [1.807, 2.05) is 0 Å². The number of carbonyl (C=O) groups excluding carboxylic acids is 1. The fourth-order valence-electron chi connectivity index (χ4n) is 4.15. The number of amides is 1. The van der Waals surface area contributed by atoms with Gasteiger partial charge in [0.15, 0.2) is 17.8 Å². The Balaban J connectivity index is 1.31. The molecule has 172 valence electrons. The second-order valence-corrected chi connectivity index (χ2v) is 8.92. The highest BCUT2D eigenvalue weighted by molar-refractivity contribution is 9.10. The normalized spacial score (nSPS) is 24.7. The maximum absolute atomic E-state index is 12.9. The fourth-order valence-corrected chi connectivity index (χ4v) is 4.56. The number of rotatable bonds is 6. The lowest BCUT2D eigenvalue weighted by Gasteiger charge is -2.36. The van der Waals surface area contributed by atoms with E-state index in [1.165, 1.54) is 0 Å². The van der Waals surface area contributed by atoms with Crippen molar-refractivity contribution in [2.75, 3.05) is 58.3 Å². The molecule has 31 heavy (non-hydrogen) atoms. The minimum atomic E-state index is -0.508. The number of fused-ring (bicyclic) bond motifs is 1. The fraction of sp³-hybridized carbons (Fsp3) is 0.667. The molecule has 0 aliphatic carbocycles. The molecule has 9 nitrogen and oxygen atoms in total. The highest BCUT2D eigenvalue weighted by atomic mass is 79.9. The zero-order chi connectivity index (χ0) is 21.8. The number of aliphatic hydroxyl groups excluding tert-OH is 1. The summed E-state index contributed by atoms with van der Waals surface area (Å²) in [5.41, 5.74) is 6.82. The van der Waals surface area contributed by atoms with Gasteiger partial charge < -0.3 is 40.0 Å². The van der Waals surface area contributed by atoms with Gasteiger partial charge in [0.1, 0.15) is 0 Å². The number of benzene rings is 1. The number of anilines is 1. The number of ether oxygens (including phenoxy) is 4. The molecule has 0 radical (unpaired) electrons. The molecule has 3 heterocycles. The smallest absolute Gasteiger partial charge is 0.255 e. The number of nitrogens with two attached hydrogens (primary N) is 1. The molecule has 0 aromatic heterocycles. The van der Waals surface area contributed by atoms with E-state index in [2.05, 4.69) is 26.1 Å². The van der Waals surface area contributed by atoms with Crippen molar-refractivity contribution >= 4 is 27.5 Å². The second kappa shape index (κ2) is 10.4. The number of piperidine rings is 1. The third kappa shape index (κ3) is 5.43. The van der Waals surface area contributed by atoms with Gasteiger partial charge in [-0.1, -0.05) is 0 Å². The summed E-state index contributed by atoms with van der Waals surface area (Å²) in [6.07, 6.45) is 1.69. The number of likely N-dealkylation sites (tertiary alicyclic amines) is 1. The van der Waals surface area contributed by atoms with E-state index < -0.39 is 6.10 Å². The monoisotopic (exact) mass is 499 g/mol. The van der Waals surface area contributed by atoms with Crippen LogP contribution in [0.2, 0.25) is 0 Å². The summed E-state index contributed by atoms with van der Waals surface area (Å²) in [5.74, 6) is 0.572. The number of carbonyl (C=O) groups is 1. The van der Waals surface area contributed by atoms with Crippen LogP contribution < -0.4 is 20.5 Å². The first kappa shape index (κ1) is 22.6. The van der Waals surface area contributed by atoms with Crippen LogP contribution in [0.15, 0.2) is 10.5 Å². The lowest BCUT2D eigenvalue weighted by molar-refractivity contribution is -0.0576. The number of nitrogens with one attached hydrogen (secondary N) is 1. The van der Waals surface area contributed by atoms with Crippen LogP contribution in [0, 0.1) is 5.92 Å². The largest absolute Gasteiger partial charge is 0.489 e. The highest BCUT2D eigenvalue weighted by Gasteiger charge is 2.30. The predicted octanol–water partition coefficient (Wildman–Crippen LogP) is 1.37. The minimum Gasteiger partial charge on any atom is -0.489 e. The Morgan fingerprint density at radius 3 is 2.71 bits per heavy atom. The molecule has 1 amide bonds. The zero-order valence-corrected chi connectivity index (χ0v) is 19.1. The van der Waals surface area contributed by atoms with Crippen LogP contribution in [0.5, 0.6) is 11.5 Å². The molecule has 0 spiro atoms. The molecule has 1 aromatic carbocycles. The summed E-state index contributed by atoms with van der Waals surface area (Å²) in [6.45, 7) is 4.92. The summed E-state index contributed by atoms with van der Waals surface area (Å²) in [6, 6.07) is 1.60. The molecule has 4 N–H and O–H groups in total. The number of nitrogens with zero attached hydrogens (tertiary/aromatic N) is 1. The summed E-state index contributed by atoms with van der Waals surface area (Å²) >= 11 is 3.42. The standard InChI is InChI=1S/C21H30BrN3O6/c22-18-15(23)10-14(19-20(18)31-7-1-6-30-19)21(27)24-11-13-2-4-25(12-16(13)26)5-3-17-28-8-9-29-17/h10,13,16-17,26H,1-9,11-12,23H2,(H,24,27)/t13-,16?/m0/s1. The Morgan fingerprint density at radius 2 is 1.97 bits per heavy atom. The van der Waals surface area contributed by atoms with Gasteiger partial charge in [-0.2, -0.15) is 0 Å². The minimum absolute atomic E-state index is 0.0113. The van der Waals surface area contributed by atoms with Gasteiger partial charge in [0.25, 0.3) is 5.91 Å². The summed E-state index contributed by atoms with van der Waals surface area (Å²) in [5, 5.41) is 13.5. The second-order valence-electron chi connectivity index (χ2n) is 8.12. The molecule has 4 rings (SSSR count). The van der Waals surface area contributed by atoms with E-state index in [4.69, 9.17) is 24.7 Å². The molecular formula is C21H30BrN3O6. The van der Waals surface area contributed by atoms with Crippen molar-refractivity contribution in [1.29, 1.82) is 0 Å². The van der Waals surface area contributed by atoms with Crippen molar-refractivity contribution in [2.45, 2.75) is 31.7 Å². The van der Waals surface area contributed by atoms with Crippen LogP contribution >= 0.6 is 15.9 Å². The van der Waals surface area contributed by atoms with Crippen molar-refractivity contribution in [1.82, 2.24) is 10.2 Å². The number of halogens is 1. The molecule has 2 saturated heterocycles. The van der Waals surface area contributed by atoms with Crippen LogP contribution in [0.3, 0.4) is 0 Å². The SMILES string of the molecule is Nc1cc(C(=O)NC[C@@H]2CCN(CCC3OCCO3)CC2O)c2c(c1Br)OCCCO2. The van der Waals surface area contributed by atoms with Crippen LogP contribution in [0.1, 0.15) is 29.6 Å². The molecule has 0 bridgehead atoms. The van der Waals surface area contributed by atoms with Crippen molar-refractivity contribution < 1.29 is 28.8 Å². The summed E-state index contributed by atoms with van der Waals surface area (Å²) < 4.78 is 23.1. The van der Waals surface area contributed by atoms with Crippen molar-refractivity contribution in [3.05, 3.63) is 16.1 Å². The highest BCUT2D eigenvalue weighted by Crippen LogP contribution is 2.43. The lowest BCUT2D eigenvalue weighted by atomic mass is 9.93. The lowest BCUT2D eigenvalue weighted by Crippen LogP contribution is -2.48. The quantitative estimate of drug-likeness (QED) is 0.502. The maximum atomic E-state index is 12.9. The molecule has 1 unspecified atom stereocenters. The molecule has 10 heteroatoms. The summed E-state index contributed by atoms with van der Waals surface area (Å²) in [7, 11) is 0. The number of nitrogen functional groups attached to an aromatic ring is 1. The van der Waals surface area contributed by atoms with Crippen LogP contribution in [-0.4, -0.2) is 80.9 Å². The van der Waals surface area contributed by atoms with Gasteiger partial charge in [-0.3, -0.25) is 4.79 Å². The Kier molecular flexibility index (Phi) is 7.55. The van der Waals surface area contributed by atoms with Crippen molar-refractivity contribution in [3.63, 3.8) is 0 Å². The third-order valence-corrected chi connectivity index (χ3v) is 6.75. The van der Waals surface area contributed by atoms with E-state index >= 15 is 0 Å². The Bertz CT molecular complexity index is 789. The predicted molar refractivity (Wildman–Crippen MR) is 117 cm³/mol. The average molecular weight is 500 g/mol. The van der Waals surface area contributed by atoms with E-state index in [9.17, 15) is 9.90 Å². The van der Waals surface area contributed by atoms with Gasteiger partial charge in [0, 0.05) is 38.4 Å². The Morgan fingerprint density at radius 1 is 1.23 bits per heavy atom. The van der Waals surface area contributed by atoms with E-state index in [1.54, 1.807) is 6.07 Å². The molecule has 0 saturated carbocycles. The maximum Gasteiger partial charge on any atom is 0.255 e. The zero-order valence-electron chi connectivity index (χ0n) is 17.5. The molecule has 2 fully saturated rings. The van der Waals surface area contributed by atoms with Crippen molar-refractivity contribution in [3.8, 4) is 11.5 Å². The van der Waals surface area contributed by atoms with Gasteiger partial charge >= 0.3 is 0 Å². The van der Waals surface area contributed by atoms with E-state index in [-0.39, 0.29) is 18.1 Å². The number of hydrogen-bond donors (Lipinski definition) is 3. The first-order valence-electron chi connectivity index (χ1n) is 10.8. The molecular weight excluding hydrogens is 470 g/mol. The molecule has 2 atom stereocenters. The number of β-amino-alcohol motifs (C(OH)–C–C–N with tert-alkyl or cyclic N) is 1. The van der Waals surface area contributed by atoms with Gasteiger partial charge in [-0.25, -0.2) is 0 Å². The van der Waals surface area contributed by atoms with Gasteiger partial charge in [-0.15, -0.1) is 0 Å². The number of aliphatic hydroxyl groups is 1. The van der Waals surface area contributed by atoms with Crippen molar-refractivity contribution in [2.24, 2.45) is 5.92 Å². The molecule has 3 aliphatic heterocycles. The molecule has 1 aromatic rings. The summed E-state index contributed by atoms with van der Waals surface area (Å²) in [4.78, 5) is 15.1. The van der Waals surface area contributed by atoms with Crippen LogP contribution in [-0.2, 0) is 9.47 Å². The topological polar surface area (TPSA) is 116 Å². The van der Waals surface area contributed by atoms with Gasteiger partial charge in [-0.05, 0) is 35.0 Å². The Hall–Kier alpha value is -1.59. The van der Waals surface area contributed by atoms with E-state index in [0.717, 1.165) is 32.4 Å². The van der Waals surface area contributed by atoms with E-state index in [0.29, 0.717) is 66.7 Å². The molecule has 3 aliphatic rings.